The molecule has 1 aromatic carbocycles. The maximum atomic E-state index is 3.60. The van der Waals surface area contributed by atoms with E-state index in [0.29, 0.717) is 6.04 Å². The summed E-state index contributed by atoms with van der Waals surface area (Å²) in [6.07, 6.45) is 3.23. The topological polar surface area (TPSA) is 27.8 Å². The van der Waals surface area contributed by atoms with Crippen LogP contribution >= 0.6 is 0 Å². The highest BCUT2D eigenvalue weighted by Crippen LogP contribution is 2.17. The zero-order valence-electron chi connectivity index (χ0n) is 11.0. The number of aromatic nitrogens is 1. The maximum Gasteiger partial charge on any atom is 0.0457 e. The molecule has 1 atom stereocenters. The van der Waals surface area contributed by atoms with Crippen molar-refractivity contribution in [1.82, 2.24) is 10.3 Å². The van der Waals surface area contributed by atoms with Crippen LogP contribution < -0.4 is 5.32 Å². The van der Waals surface area contributed by atoms with E-state index in [4.69, 9.17) is 0 Å². The molecule has 0 bridgehead atoms. The Balaban J connectivity index is 2.01. The first-order valence-corrected chi connectivity index (χ1v) is 6.45. The van der Waals surface area contributed by atoms with Crippen LogP contribution in [-0.4, -0.2) is 11.0 Å². The Kier molecular flexibility index (Phi) is 3.85. The molecule has 92 valence electrons. The van der Waals surface area contributed by atoms with E-state index in [1.807, 2.05) is 6.20 Å². The second kappa shape index (κ2) is 5.37. The minimum Gasteiger partial charge on any atom is -0.361 e. The first-order chi connectivity index (χ1) is 8.16. The van der Waals surface area contributed by atoms with E-state index in [-0.39, 0.29) is 0 Å². The van der Waals surface area contributed by atoms with Gasteiger partial charge in [-0.3, -0.25) is 0 Å². The lowest BCUT2D eigenvalue weighted by Gasteiger charge is -2.16. The molecule has 0 spiro atoms. The van der Waals surface area contributed by atoms with Crippen LogP contribution in [0.1, 0.15) is 32.8 Å². The van der Waals surface area contributed by atoms with Crippen LogP contribution in [0.4, 0.5) is 0 Å². The highest BCUT2D eigenvalue weighted by Gasteiger charge is 2.06. The molecule has 1 heterocycles. The second-order valence-corrected chi connectivity index (χ2v) is 5.27. The molecule has 0 amide bonds. The molecular formula is C15H22N2. The Morgan fingerprint density at radius 2 is 2.00 bits per heavy atom. The quantitative estimate of drug-likeness (QED) is 0.805. The van der Waals surface area contributed by atoms with Crippen molar-refractivity contribution in [2.75, 3.05) is 0 Å². The highest BCUT2D eigenvalue weighted by molar-refractivity contribution is 5.82. The van der Waals surface area contributed by atoms with Crippen molar-refractivity contribution >= 4 is 10.9 Å². The van der Waals surface area contributed by atoms with Crippen molar-refractivity contribution in [3.8, 4) is 0 Å². The van der Waals surface area contributed by atoms with Crippen molar-refractivity contribution in [2.24, 2.45) is 5.92 Å². The number of aromatic amines is 1. The van der Waals surface area contributed by atoms with Crippen molar-refractivity contribution in [1.29, 1.82) is 0 Å². The number of H-pyrrole nitrogens is 1. The zero-order valence-corrected chi connectivity index (χ0v) is 11.0. The van der Waals surface area contributed by atoms with Gasteiger partial charge in [-0.2, -0.15) is 0 Å². The molecule has 0 saturated heterocycles. The molecule has 2 rings (SSSR count). The fourth-order valence-corrected chi connectivity index (χ4v) is 2.38. The molecule has 0 saturated carbocycles. The van der Waals surface area contributed by atoms with E-state index in [1.54, 1.807) is 0 Å². The molecule has 0 radical (unpaired) electrons. The van der Waals surface area contributed by atoms with Gasteiger partial charge >= 0.3 is 0 Å². The smallest absolute Gasteiger partial charge is 0.0457 e. The molecule has 0 aliphatic heterocycles. The molecule has 2 N–H and O–H groups in total. The number of hydrogen-bond acceptors (Lipinski definition) is 1. The summed E-state index contributed by atoms with van der Waals surface area (Å²) in [5.74, 6) is 0.751. The van der Waals surface area contributed by atoms with E-state index in [2.05, 4.69) is 55.3 Å². The van der Waals surface area contributed by atoms with Crippen LogP contribution in [0.3, 0.4) is 0 Å². The van der Waals surface area contributed by atoms with E-state index < -0.39 is 0 Å². The Hall–Kier alpha value is -1.28. The molecule has 0 fully saturated rings. The minimum atomic E-state index is 0.573. The molecule has 1 unspecified atom stereocenters. The molecule has 2 aromatic rings. The third-order valence-corrected chi connectivity index (χ3v) is 3.15. The molecule has 1 aromatic heterocycles. The van der Waals surface area contributed by atoms with Crippen molar-refractivity contribution in [3.63, 3.8) is 0 Å². The summed E-state index contributed by atoms with van der Waals surface area (Å²) in [7, 11) is 0. The lowest BCUT2D eigenvalue weighted by Crippen LogP contribution is -2.26. The van der Waals surface area contributed by atoms with Crippen LogP contribution in [-0.2, 0) is 6.54 Å². The Bertz CT molecular complexity index is 470. The number of fused-ring (bicyclic) bond motifs is 1. The molecular weight excluding hydrogens is 208 g/mol. The van der Waals surface area contributed by atoms with Gasteiger partial charge in [-0.25, -0.2) is 0 Å². The molecule has 0 aliphatic carbocycles. The van der Waals surface area contributed by atoms with E-state index in [1.165, 1.54) is 22.9 Å². The summed E-state index contributed by atoms with van der Waals surface area (Å²) in [5, 5.41) is 4.93. The van der Waals surface area contributed by atoms with Crippen molar-refractivity contribution in [2.45, 2.75) is 39.8 Å². The first-order valence-electron chi connectivity index (χ1n) is 6.45. The van der Waals surface area contributed by atoms with Crippen LogP contribution in [0, 0.1) is 5.92 Å². The predicted molar refractivity (Wildman–Crippen MR) is 74.1 cm³/mol. The summed E-state index contributed by atoms with van der Waals surface area (Å²) in [6.45, 7) is 7.75. The summed E-state index contributed by atoms with van der Waals surface area (Å²) in [4.78, 5) is 3.25. The predicted octanol–water partition coefficient (Wildman–Crippen LogP) is 3.69. The van der Waals surface area contributed by atoms with Gasteiger partial charge < -0.3 is 10.3 Å². The number of benzene rings is 1. The zero-order chi connectivity index (χ0) is 12.3. The first kappa shape index (κ1) is 12.2. The van der Waals surface area contributed by atoms with E-state index >= 15 is 0 Å². The summed E-state index contributed by atoms with van der Waals surface area (Å²) < 4.78 is 0. The third-order valence-electron chi connectivity index (χ3n) is 3.15. The monoisotopic (exact) mass is 230 g/mol. The summed E-state index contributed by atoms with van der Waals surface area (Å²) in [6, 6.07) is 9.16. The second-order valence-electron chi connectivity index (χ2n) is 5.27. The third kappa shape index (κ3) is 3.10. The Labute approximate surface area is 103 Å². The van der Waals surface area contributed by atoms with Gasteiger partial charge in [0.15, 0.2) is 0 Å². The number of hydrogen-bond donors (Lipinski definition) is 2. The van der Waals surface area contributed by atoms with Crippen LogP contribution in [0.25, 0.3) is 10.9 Å². The largest absolute Gasteiger partial charge is 0.361 e. The average Bonchev–Trinajstić information content (AvgIpc) is 2.73. The van der Waals surface area contributed by atoms with Gasteiger partial charge in [-0.15, -0.1) is 0 Å². The highest BCUT2D eigenvalue weighted by atomic mass is 14.9. The molecule has 2 heteroatoms. The van der Waals surface area contributed by atoms with Crippen LogP contribution in [0.5, 0.6) is 0 Å². The van der Waals surface area contributed by atoms with Crippen molar-refractivity contribution < 1.29 is 0 Å². The minimum absolute atomic E-state index is 0.573. The van der Waals surface area contributed by atoms with Gasteiger partial charge in [0.05, 0.1) is 0 Å². The van der Waals surface area contributed by atoms with Gasteiger partial charge in [0.25, 0.3) is 0 Å². The van der Waals surface area contributed by atoms with E-state index in [0.717, 1.165) is 12.5 Å². The van der Waals surface area contributed by atoms with Crippen LogP contribution in [0.2, 0.25) is 0 Å². The lowest BCUT2D eigenvalue weighted by atomic mass is 10.0. The van der Waals surface area contributed by atoms with Gasteiger partial charge in [0.2, 0.25) is 0 Å². The van der Waals surface area contributed by atoms with Gasteiger partial charge in [0.1, 0.15) is 0 Å². The van der Waals surface area contributed by atoms with Gasteiger partial charge in [-0.1, -0.05) is 26.0 Å². The Morgan fingerprint density at radius 1 is 1.18 bits per heavy atom. The normalized spacial score (nSPS) is 13.4. The fraction of sp³-hybridized carbons (Fsp3) is 0.467. The maximum absolute atomic E-state index is 3.60. The van der Waals surface area contributed by atoms with Gasteiger partial charge in [-0.05, 0) is 37.0 Å². The van der Waals surface area contributed by atoms with E-state index in [9.17, 15) is 0 Å². The average molecular weight is 230 g/mol. The molecule has 17 heavy (non-hydrogen) atoms. The molecule has 2 nitrogen and oxygen atoms in total. The van der Waals surface area contributed by atoms with Gasteiger partial charge in [0, 0.05) is 29.7 Å². The number of rotatable bonds is 5. The van der Waals surface area contributed by atoms with Crippen molar-refractivity contribution in [3.05, 3.63) is 36.0 Å². The summed E-state index contributed by atoms with van der Waals surface area (Å²) >= 11 is 0. The summed E-state index contributed by atoms with van der Waals surface area (Å²) in [5.41, 5.74) is 2.60. The molecule has 0 aliphatic rings. The SMILES string of the molecule is CC(C)CC(C)NCc1cccc2[nH]ccc12. The number of nitrogens with one attached hydrogen (secondary N) is 2. The Morgan fingerprint density at radius 3 is 2.76 bits per heavy atom. The van der Waals surface area contributed by atoms with Crippen LogP contribution in [0.15, 0.2) is 30.5 Å². The fourth-order valence-electron chi connectivity index (χ4n) is 2.38. The lowest BCUT2D eigenvalue weighted by molar-refractivity contribution is 0.442. The standard InChI is InChI=1S/C15H22N2/c1-11(2)9-12(3)17-10-13-5-4-6-15-14(13)7-8-16-15/h4-8,11-12,16-17H,9-10H2,1-3H3.